The summed E-state index contributed by atoms with van der Waals surface area (Å²) in [5.74, 6) is 0.391. The second kappa shape index (κ2) is 5.92. The van der Waals surface area contributed by atoms with Crippen molar-refractivity contribution in [1.29, 1.82) is 0 Å². The van der Waals surface area contributed by atoms with Crippen molar-refractivity contribution < 1.29 is 9.13 Å². The molecule has 0 aliphatic rings. The van der Waals surface area contributed by atoms with Crippen LogP contribution in [0.4, 0.5) is 15.8 Å². The fourth-order valence-electron chi connectivity index (χ4n) is 2.28. The Bertz CT molecular complexity index is 599. The monoisotopic (exact) mass is 274 g/mol. The summed E-state index contributed by atoms with van der Waals surface area (Å²) in [5.41, 5.74) is 7.98. The molecule has 106 valence electrons. The molecule has 0 unspecified atom stereocenters. The lowest BCUT2D eigenvalue weighted by atomic mass is 10.0. The average molecular weight is 274 g/mol. The largest absolute Gasteiger partial charge is 0.495 e. The van der Waals surface area contributed by atoms with E-state index in [4.69, 9.17) is 10.5 Å². The highest BCUT2D eigenvalue weighted by Crippen LogP contribution is 2.36. The minimum absolute atomic E-state index is 0.252. The van der Waals surface area contributed by atoms with Crippen molar-refractivity contribution in [1.82, 2.24) is 0 Å². The first-order valence-electron chi connectivity index (χ1n) is 6.47. The highest BCUT2D eigenvalue weighted by molar-refractivity contribution is 5.71. The molecule has 0 saturated heterocycles. The van der Waals surface area contributed by atoms with E-state index in [1.54, 1.807) is 18.1 Å². The zero-order valence-electron chi connectivity index (χ0n) is 11.9. The molecule has 1 atom stereocenters. The Labute approximate surface area is 118 Å². The van der Waals surface area contributed by atoms with Crippen molar-refractivity contribution >= 4 is 11.4 Å². The van der Waals surface area contributed by atoms with Crippen LogP contribution in [0.25, 0.3) is 0 Å². The highest BCUT2D eigenvalue weighted by atomic mass is 19.1. The number of nitrogens with zero attached hydrogens (tertiary/aromatic N) is 1. The summed E-state index contributed by atoms with van der Waals surface area (Å²) in [6.07, 6.45) is 0. The maximum absolute atomic E-state index is 14.2. The first-order chi connectivity index (χ1) is 9.56. The summed E-state index contributed by atoms with van der Waals surface area (Å²) in [7, 11) is 3.41. The van der Waals surface area contributed by atoms with Gasteiger partial charge < -0.3 is 15.4 Å². The molecule has 4 heteroatoms. The van der Waals surface area contributed by atoms with E-state index in [0.717, 1.165) is 11.3 Å². The molecule has 0 radical (unpaired) electrons. The summed E-state index contributed by atoms with van der Waals surface area (Å²) >= 11 is 0. The van der Waals surface area contributed by atoms with Crippen molar-refractivity contribution in [3.8, 4) is 5.75 Å². The predicted molar refractivity (Wildman–Crippen MR) is 80.1 cm³/mol. The molecule has 0 aliphatic heterocycles. The molecule has 0 fully saturated rings. The smallest absolute Gasteiger partial charge is 0.147 e. The van der Waals surface area contributed by atoms with E-state index in [-0.39, 0.29) is 11.9 Å². The van der Waals surface area contributed by atoms with Crippen LogP contribution in [0.1, 0.15) is 18.5 Å². The number of nitrogens with two attached hydrogens (primary N) is 1. The summed E-state index contributed by atoms with van der Waals surface area (Å²) in [6.45, 7) is 1.84. The maximum atomic E-state index is 14.2. The molecule has 0 amide bonds. The van der Waals surface area contributed by atoms with Gasteiger partial charge in [-0.3, -0.25) is 0 Å². The first kappa shape index (κ1) is 14.3. The lowest BCUT2D eigenvalue weighted by Gasteiger charge is -2.26. The SMILES string of the molecule is COc1ccccc1N(C)c1c(F)cccc1[C@H](C)N. The molecular weight excluding hydrogens is 255 g/mol. The molecule has 2 aromatic rings. The zero-order chi connectivity index (χ0) is 14.7. The fraction of sp³-hybridized carbons (Fsp3) is 0.250. The molecule has 0 bridgehead atoms. The van der Waals surface area contributed by atoms with Crippen LogP contribution in [-0.2, 0) is 0 Å². The van der Waals surface area contributed by atoms with Crippen LogP contribution in [0.3, 0.4) is 0 Å². The zero-order valence-corrected chi connectivity index (χ0v) is 11.9. The number of hydrogen-bond acceptors (Lipinski definition) is 3. The van der Waals surface area contributed by atoms with Crippen LogP contribution >= 0.6 is 0 Å². The van der Waals surface area contributed by atoms with Crippen LogP contribution in [0.5, 0.6) is 5.75 Å². The third-order valence-electron chi connectivity index (χ3n) is 3.29. The molecule has 0 spiro atoms. The number of benzene rings is 2. The van der Waals surface area contributed by atoms with Crippen molar-refractivity contribution in [3.05, 3.63) is 53.8 Å². The van der Waals surface area contributed by atoms with Crippen LogP contribution in [0.2, 0.25) is 0 Å². The average Bonchev–Trinajstić information content (AvgIpc) is 2.46. The Morgan fingerprint density at radius 3 is 2.50 bits per heavy atom. The molecular formula is C16H19FN2O. The fourth-order valence-corrected chi connectivity index (χ4v) is 2.28. The summed E-state index contributed by atoms with van der Waals surface area (Å²) < 4.78 is 19.6. The number of methoxy groups -OCH3 is 1. The Kier molecular flexibility index (Phi) is 4.25. The Hall–Kier alpha value is -2.07. The van der Waals surface area contributed by atoms with E-state index in [2.05, 4.69) is 0 Å². The number of hydrogen-bond donors (Lipinski definition) is 1. The van der Waals surface area contributed by atoms with Gasteiger partial charge in [-0.1, -0.05) is 24.3 Å². The van der Waals surface area contributed by atoms with Gasteiger partial charge in [-0.25, -0.2) is 4.39 Å². The van der Waals surface area contributed by atoms with E-state index >= 15 is 0 Å². The quantitative estimate of drug-likeness (QED) is 0.925. The van der Waals surface area contributed by atoms with Gasteiger partial charge in [0.1, 0.15) is 11.6 Å². The molecule has 3 nitrogen and oxygen atoms in total. The first-order valence-corrected chi connectivity index (χ1v) is 6.47. The molecule has 0 aromatic heterocycles. The minimum Gasteiger partial charge on any atom is -0.495 e. The van der Waals surface area contributed by atoms with Gasteiger partial charge in [-0.15, -0.1) is 0 Å². The Morgan fingerprint density at radius 1 is 1.15 bits per heavy atom. The lowest BCUT2D eigenvalue weighted by molar-refractivity contribution is 0.415. The Balaban J connectivity index is 2.56. The number of ether oxygens (including phenoxy) is 1. The maximum Gasteiger partial charge on any atom is 0.147 e. The molecule has 2 rings (SSSR count). The van der Waals surface area contributed by atoms with Gasteiger partial charge in [0, 0.05) is 13.1 Å². The number of anilines is 2. The summed E-state index contributed by atoms with van der Waals surface area (Å²) in [5, 5.41) is 0. The van der Waals surface area contributed by atoms with Gasteiger partial charge >= 0.3 is 0 Å². The third kappa shape index (κ3) is 2.60. The van der Waals surface area contributed by atoms with Crippen LogP contribution in [-0.4, -0.2) is 14.2 Å². The van der Waals surface area contributed by atoms with Gasteiger partial charge in [0.15, 0.2) is 0 Å². The van der Waals surface area contributed by atoms with Crippen LogP contribution in [0, 0.1) is 5.82 Å². The highest BCUT2D eigenvalue weighted by Gasteiger charge is 2.18. The summed E-state index contributed by atoms with van der Waals surface area (Å²) in [4.78, 5) is 1.77. The second-order valence-electron chi connectivity index (χ2n) is 4.70. The molecule has 0 heterocycles. The Morgan fingerprint density at radius 2 is 1.85 bits per heavy atom. The van der Waals surface area contributed by atoms with Crippen LogP contribution < -0.4 is 15.4 Å². The second-order valence-corrected chi connectivity index (χ2v) is 4.70. The van der Waals surface area contributed by atoms with Crippen molar-refractivity contribution in [2.75, 3.05) is 19.1 Å². The number of halogens is 1. The van der Waals surface area contributed by atoms with Gasteiger partial charge in [0.25, 0.3) is 0 Å². The molecule has 20 heavy (non-hydrogen) atoms. The van der Waals surface area contributed by atoms with Gasteiger partial charge in [-0.2, -0.15) is 0 Å². The normalized spacial score (nSPS) is 12.1. The topological polar surface area (TPSA) is 38.5 Å². The van der Waals surface area contributed by atoms with Crippen molar-refractivity contribution in [2.45, 2.75) is 13.0 Å². The number of rotatable bonds is 4. The molecule has 0 saturated carbocycles. The molecule has 2 aromatic carbocycles. The lowest BCUT2D eigenvalue weighted by Crippen LogP contribution is -2.17. The number of para-hydroxylation sites is 3. The van der Waals surface area contributed by atoms with Gasteiger partial charge in [0.2, 0.25) is 0 Å². The summed E-state index contributed by atoms with van der Waals surface area (Å²) in [6, 6.07) is 12.2. The van der Waals surface area contributed by atoms with Gasteiger partial charge in [0.05, 0.1) is 18.5 Å². The van der Waals surface area contributed by atoms with E-state index in [9.17, 15) is 4.39 Å². The van der Waals surface area contributed by atoms with Crippen LogP contribution in [0.15, 0.2) is 42.5 Å². The van der Waals surface area contributed by atoms with Crippen molar-refractivity contribution in [3.63, 3.8) is 0 Å². The third-order valence-corrected chi connectivity index (χ3v) is 3.29. The predicted octanol–water partition coefficient (Wildman–Crippen LogP) is 3.62. The van der Waals surface area contributed by atoms with E-state index in [1.165, 1.54) is 6.07 Å². The molecule has 0 aliphatic carbocycles. The van der Waals surface area contributed by atoms with E-state index < -0.39 is 0 Å². The molecule has 2 N–H and O–H groups in total. The van der Waals surface area contributed by atoms with Gasteiger partial charge in [-0.05, 0) is 30.7 Å². The minimum atomic E-state index is -0.298. The van der Waals surface area contributed by atoms with Crippen molar-refractivity contribution in [2.24, 2.45) is 5.73 Å². The standard InChI is InChI=1S/C16H19FN2O/c1-11(18)12-7-6-8-13(17)16(12)19(2)14-9-4-5-10-15(14)20-3/h4-11H,18H2,1-3H3/t11-/m0/s1. The van der Waals surface area contributed by atoms with E-state index in [0.29, 0.717) is 11.4 Å². The van der Waals surface area contributed by atoms with E-state index in [1.807, 2.05) is 44.3 Å².